The molecule has 14 heteroatoms. The summed E-state index contributed by atoms with van der Waals surface area (Å²) >= 11 is 0. The Morgan fingerprint density at radius 2 is 1.19 bits per heavy atom. The number of rotatable bonds is 31. The van der Waals surface area contributed by atoms with Crippen LogP contribution in [0.2, 0.25) is 0 Å². The first-order valence-electron chi connectivity index (χ1n) is 21.9. The zero-order chi connectivity index (χ0) is 42.5. The fourth-order valence-corrected chi connectivity index (χ4v) is 6.89. The van der Waals surface area contributed by atoms with Crippen LogP contribution >= 0.6 is 0 Å². The molecule has 0 aromatic carbocycles. The minimum atomic E-state index is -1.79. The molecule has 14 nitrogen and oxygen atoms in total. The maximum absolute atomic E-state index is 13.1. The number of aliphatic hydroxyl groups is 8. The Labute approximate surface area is 346 Å². The van der Waals surface area contributed by atoms with E-state index in [0.717, 1.165) is 57.8 Å². The molecule has 2 heterocycles. The van der Waals surface area contributed by atoms with Crippen molar-refractivity contribution < 1.29 is 64.6 Å². The molecule has 0 saturated carbocycles. The summed E-state index contributed by atoms with van der Waals surface area (Å²) in [7, 11) is 0. The van der Waals surface area contributed by atoms with Gasteiger partial charge in [-0.1, -0.05) is 120 Å². The van der Waals surface area contributed by atoms with Gasteiger partial charge in [0.2, 0.25) is 5.91 Å². The lowest BCUT2D eigenvalue weighted by molar-refractivity contribution is -0.359. The maximum Gasteiger partial charge on any atom is 0.220 e. The monoisotopic (exact) mass is 828 g/mol. The summed E-state index contributed by atoms with van der Waals surface area (Å²) in [6.45, 7) is 2.59. The Kier molecular flexibility index (Phi) is 28.5. The zero-order valence-corrected chi connectivity index (χ0v) is 35.0. The molecule has 58 heavy (non-hydrogen) atoms. The molecule has 2 aliphatic rings. The van der Waals surface area contributed by atoms with Crippen molar-refractivity contribution in [1.29, 1.82) is 0 Å². The highest BCUT2D eigenvalue weighted by Gasteiger charge is 2.50. The normalized spacial score (nSPS) is 29.3. The van der Waals surface area contributed by atoms with Crippen LogP contribution in [0.1, 0.15) is 129 Å². The smallest absolute Gasteiger partial charge is 0.220 e. The van der Waals surface area contributed by atoms with Gasteiger partial charge in [-0.05, 0) is 51.4 Å². The number of carbonyl (C=O) groups is 1. The maximum atomic E-state index is 13.1. The number of allylic oxidation sites excluding steroid dienone is 7. The molecule has 2 saturated heterocycles. The van der Waals surface area contributed by atoms with Crippen molar-refractivity contribution in [2.45, 2.75) is 203 Å². The van der Waals surface area contributed by atoms with E-state index in [1.165, 1.54) is 44.9 Å². The minimum absolute atomic E-state index is 0.244. The molecular weight excluding hydrogens is 750 g/mol. The van der Waals surface area contributed by atoms with E-state index in [-0.39, 0.29) is 18.9 Å². The Bertz CT molecular complexity index is 1160. The average molecular weight is 828 g/mol. The van der Waals surface area contributed by atoms with E-state index in [2.05, 4.69) is 55.6 Å². The van der Waals surface area contributed by atoms with E-state index in [1.807, 2.05) is 6.08 Å². The topological polar surface area (TPSA) is 228 Å². The van der Waals surface area contributed by atoms with E-state index < -0.39 is 86.8 Å². The van der Waals surface area contributed by atoms with Gasteiger partial charge in [0.25, 0.3) is 0 Å². The van der Waals surface area contributed by atoms with E-state index in [4.69, 9.17) is 18.9 Å². The zero-order valence-electron chi connectivity index (χ0n) is 35.0. The first-order valence-corrected chi connectivity index (χ1v) is 21.9. The molecule has 1 amide bonds. The first kappa shape index (κ1) is 52.1. The van der Waals surface area contributed by atoms with Crippen LogP contribution in [0, 0.1) is 0 Å². The van der Waals surface area contributed by atoms with Crippen LogP contribution in [-0.2, 0) is 23.7 Å². The van der Waals surface area contributed by atoms with Crippen molar-refractivity contribution in [3.8, 4) is 0 Å². The largest absolute Gasteiger partial charge is 0.394 e. The number of amides is 1. The Morgan fingerprint density at radius 1 is 0.638 bits per heavy atom. The molecular formula is C44H77NO13. The third-order valence-corrected chi connectivity index (χ3v) is 10.5. The van der Waals surface area contributed by atoms with Crippen LogP contribution in [0.3, 0.4) is 0 Å². The molecule has 0 spiro atoms. The Hall–Kier alpha value is -2.05. The molecule has 12 atom stereocenters. The summed E-state index contributed by atoms with van der Waals surface area (Å²) < 4.78 is 22.6. The van der Waals surface area contributed by atoms with E-state index >= 15 is 0 Å². The van der Waals surface area contributed by atoms with Crippen LogP contribution in [0.25, 0.3) is 0 Å². The lowest BCUT2D eigenvalue weighted by Gasteiger charge is -2.46. The van der Waals surface area contributed by atoms with Crippen molar-refractivity contribution in [3.63, 3.8) is 0 Å². The standard InChI is InChI=1S/C44H77NO13/c1-3-5-7-9-11-13-15-16-18-20-22-24-26-28-36(49)45-32(33(48)27-25-23-21-19-17-14-12-10-8-6-4-2)31-55-43-41(54)39(52)42(35(30-47)57-43)58-44-40(53)38(51)37(50)34(29-46)56-44/h5,7,11,13,16,18,25,27,32-35,37-44,46-48,50-54H,3-4,6,8-10,12,14-15,17,19-24,26,28-31H2,1-2H3,(H,45,49)/b7-5-,13-11-,18-16-,27-25+. The number of aliphatic hydroxyl groups excluding tert-OH is 8. The lowest BCUT2D eigenvalue weighted by atomic mass is 9.97. The van der Waals surface area contributed by atoms with Gasteiger partial charge < -0.3 is 65.1 Å². The second-order valence-corrected chi connectivity index (χ2v) is 15.4. The minimum Gasteiger partial charge on any atom is -0.394 e. The summed E-state index contributed by atoms with van der Waals surface area (Å²) in [5, 5.41) is 86.3. The first-order chi connectivity index (χ1) is 28.1. The van der Waals surface area contributed by atoms with Gasteiger partial charge in [-0.2, -0.15) is 0 Å². The van der Waals surface area contributed by atoms with Crippen molar-refractivity contribution in [1.82, 2.24) is 5.32 Å². The van der Waals surface area contributed by atoms with Crippen LogP contribution in [-0.4, -0.2) is 140 Å². The van der Waals surface area contributed by atoms with Crippen molar-refractivity contribution in [2.24, 2.45) is 0 Å². The molecule has 0 aliphatic carbocycles. The van der Waals surface area contributed by atoms with Crippen LogP contribution < -0.4 is 5.32 Å². The van der Waals surface area contributed by atoms with Gasteiger partial charge in [0.1, 0.15) is 48.8 Å². The summed E-state index contributed by atoms with van der Waals surface area (Å²) in [6.07, 6.45) is 17.4. The number of ether oxygens (including phenoxy) is 4. The van der Waals surface area contributed by atoms with Crippen LogP contribution in [0.5, 0.6) is 0 Å². The van der Waals surface area contributed by atoms with Gasteiger partial charge in [0.05, 0.1) is 32.0 Å². The lowest BCUT2D eigenvalue weighted by Crippen LogP contribution is -2.65. The molecule has 336 valence electrons. The molecule has 0 bridgehead atoms. The van der Waals surface area contributed by atoms with Crippen molar-refractivity contribution in [2.75, 3.05) is 19.8 Å². The summed E-state index contributed by atoms with van der Waals surface area (Å²) in [4.78, 5) is 13.1. The number of hydrogen-bond donors (Lipinski definition) is 9. The molecule has 0 radical (unpaired) electrons. The fraction of sp³-hybridized carbons (Fsp3) is 0.795. The highest BCUT2D eigenvalue weighted by molar-refractivity contribution is 5.76. The Morgan fingerprint density at radius 3 is 1.83 bits per heavy atom. The average Bonchev–Trinajstić information content (AvgIpc) is 3.22. The number of hydrogen-bond acceptors (Lipinski definition) is 13. The quantitative estimate of drug-likeness (QED) is 0.0359. The number of unbranched alkanes of at least 4 members (excludes halogenated alkanes) is 12. The summed E-state index contributed by atoms with van der Waals surface area (Å²) in [5.41, 5.74) is 0. The SMILES string of the molecule is CC/C=C\C/C=C\C/C=C\CCCCCC(=O)NC(COC1OC(CO)C(OC2OC(CO)C(O)C(O)C2O)C(O)C1O)C(O)/C=C/CCCCCCCCCCC. The predicted molar refractivity (Wildman–Crippen MR) is 221 cm³/mol. The van der Waals surface area contributed by atoms with E-state index in [0.29, 0.717) is 6.42 Å². The fourth-order valence-electron chi connectivity index (χ4n) is 6.89. The molecule has 2 aliphatic heterocycles. The van der Waals surface area contributed by atoms with Gasteiger partial charge in [0.15, 0.2) is 12.6 Å². The highest BCUT2D eigenvalue weighted by Crippen LogP contribution is 2.30. The summed E-state index contributed by atoms with van der Waals surface area (Å²) in [5.74, 6) is -0.274. The number of nitrogens with one attached hydrogen (secondary N) is 1. The van der Waals surface area contributed by atoms with Crippen LogP contribution in [0.4, 0.5) is 0 Å². The highest BCUT2D eigenvalue weighted by atomic mass is 16.7. The van der Waals surface area contributed by atoms with Crippen molar-refractivity contribution >= 4 is 5.91 Å². The second kappa shape index (κ2) is 31.8. The molecule has 0 aromatic rings. The van der Waals surface area contributed by atoms with Gasteiger partial charge in [0, 0.05) is 6.42 Å². The molecule has 2 fully saturated rings. The van der Waals surface area contributed by atoms with Gasteiger partial charge in [-0.25, -0.2) is 0 Å². The third kappa shape index (κ3) is 20.0. The number of carbonyl (C=O) groups excluding carboxylic acids is 1. The van der Waals surface area contributed by atoms with Crippen molar-refractivity contribution in [3.05, 3.63) is 48.6 Å². The van der Waals surface area contributed by atoms with Gasteiger partial charge >= 0.3 is 0 Å². The predicted octanol–water partition coefficient (Wildman–Crippen LogP) is 3.76. The van der Waals surface area contributed by atoms with E-state index in [9.17, 15) is 45.6 Å². The van der Waals surface area contributed by atoms with E-state index in [1.54, 1.807) is 6.08 Å². The summed E-state index contributed by atoms with van der Waals surface area (Å²) in [6, 6.07) is -0.927. The second-order valence-electron chi connectivity index (χ2n) is 15.4. The van der Waals surface area contributed by atoms with Gasteiger partial charge in [-0.3, -0.25) is 4.79 Å². The molecule has 9 N–H and O–H groups in total. The van der Waals surface area contributed by atoms with Gasteiger partial charge in [-0.15, -0.1) is 0 Å². The van der Waals surface area contributed by atoms with Crippen LogP contribution in [0.15, 0.2) is 48.6 Å². The third-order valence-electron chi connectivity index (χ3n) is 10.5. The molecule has 2 rings (SSSR count). The molecule has 12 unspecified atom stereocenters. The molecule has 0 aromatic heterocycles. The Balaban J connectivity index is 1.94.